The molecule has 1 atom stereocenters. The number of halogens is 3. The van der Waals surface area contributed by atoms with E-state index in [4.69, 9.17) is 4.74 Å². The predicted molar refractivity (Wildman–Crippen MR) is 87.0 cm³/mol. The minimum atomic E-state index is -4.61. The van der Waals surface area contributed by atoms with Crippen LogP contribution < -0.4 is 14.5 Å². The normalized spacial score (nSPS) is 21.4. The van der Waals surface area contributed by atoms with Gasteiger partial charge in [0, 0.05) is 32.7 Å². The van der Waals surface area contributed by atoms with Crippen LogP contribution >= 0.6 is 0 Å². The number of carbonyl (C=O) groups is 1. The molecule has 6 nitrogen and oxygen atoms in total. The molecule has 1 aromatic rings. The van der Waals surface area contributed by atoms with E-state index in [0.29, 0.717) is 18.9 Å². The van der Waals surface area contributed by atoms with Gasteiger partial charge in [0.1, 0.15) is 11.6 Å². The Morgan fingerprint density at radius 2 is 2.00 bits per heavy atom. The van der Waals surface area contributed by atoms with E-state index in [2.05, 4.69) is 23.7 Å². The zero-order valence-electron chi connectivity index (χ0n) is 14.6. The maximum absolute atomic E-state index is 13.3. The molecular weight excluding hydrogens is 337 g/mol. The Labute approximate surface area is 144 Å². The number of aromatic nitrogens is 1. The summed E-state index contributed by atoms with van der Waals surface area (Å²) < 4.78 is 44.6. The highest BCUT2D eigenvalue weighted by atomic mass is 19.4. The Morgan fingerprint density at radius 3 is 2.56 bits per heavy atom. The average molecular weight is 358 g/mol. The first-order valence-corrected chi connectivity index (χ1v) is 8.09. The van der Waals surface area contributed by atoms with Gasteiger partial charge in [0.15, 0.2) is 5.82 Å². The van der Waals surface area contributed by atoms with Gasteiger partial charge in [-0.05, 0) is 19.9 Å². The summed E-state index contributed by atoms with van der Waals surface area (Å²) in [6.45, 7) is 5.87. The van der Waals surface area contributed by atoms with Gasteiger partial charge in [-0.3, -0.25) is 9.69 Å². The van der Waals surface area contributed by atoms with Crippen LogP contribution in [0, 0.1) is 0 Å². The molecule has 0 bridgehead atoms. The fourth-order valence-corrected chi connectivity index (χ4v) is 3.37. The first-order chi connectivity index (χ1) is 11.6. The van der Waals surface area contributed by atoms with Crippen LogP contribution in [0.3, 0.4) is 0 Å². The molecule has 1 aromatic heterocycles. The molecule has 0 spiro atoms. The van der Waals surface area contributed by atoms with Crippen molar-refractivity contribution in [2.75, 3.05) is 43.6 Å². The Morgan fingerprint density at radius 1 is 1.32 bits per heavy atom. The molecule has 25 heavy (non-hydrogen) atoms. The molecule has 1 fully saturated rings. The molecule has 3 rings (SSSR count). The second-order valence-corrected chi connectivity index (χ2v) is 6.58. The monoisotopic (exact) mass is 358 g/mol. The summed E-state index contributed by atoms with van der Waals surface area (Å²) in [7, 11) is 2.65. The van der Waals surface area contributed by atoms with E-state index in [1.807, 2.05) is 0 Å². The molecule has 3 heterocycles. The smallest absolute Gasteiger partial charge is 0.421 e. The summed E-state index contributed by atoms with van der Waals surface area (Å²) in [5.74, 6) is -0.336. The van der Waals surface area contributed by atoms with E-state index in [0.717, 1.165) is 19.7 Å². The number of anilines is 2. The van der Waals surface area contributed by atoms with Crippen LogP contribution in [0.1, 0.15) is 19.4 Å². The van der Waals surface area contributed by atoms with Gasteiger partial charge in [-0.25, -0.2) is 0 Å². The van der Waals surface area contributed by atoms with Gasteiger partial charge in [0.2, 0.25) is 5.88 Å². The third-order valence-corrected chi connectivity index (χ3v) is 4.84. The van der Waals surface area contributed by atoms with Crippen molar-refractivity contribution in [1.29, 1.82) is 0 Å². The van der Waals surface area contributed by atoms with E-state index in [-0.39, 0.29) is 17.6 Å². The molecule has 138 valence electrons. The quantitative estimate of drug-likeness (QED) is 0.809. The van der Waals surface area contributed by atoms with Crippen molar-refractivity contribution >= 4 is 17.4 Å². The summed E-state index contributed by atoms with van der Waals surface area (Å²) >= 11 is 0. The standard InChI is InChI=1S/C16H21F3N4O2/c1-9(2)22-5-6-23-12(8-22)15(24)21(3)11-7-10(16(17,18)19)14(25-4)20-13(11)23/h7,9,12H,5-6,8H2,1-4H3/t12-/m0/s1. The van der Waals surface area contributed by atoms with Crippen molar-refractivity contribution in [3.63, 3.8) is 0 Å². The maximum atomic E-state index is 13.3. The molecule has 0 aliphatic carbocycles. The van der Waals surface area contributed by atoms with Gasteiger partial charge in [-0.15, -0.1) is 0 Å². The van der Waals surface area contributed by atoms with Gasteiger partial charge in [-0.1, -0.05) is 0 Å². The van der Waals surface area contributed by atoms with Crippen LogP contribution in [0.25, 0.3) is 0 Å². The minimum Gasteiger partial charge on any atom is -0.481 e. The number of fused-ring (bicyclic) bond motifs is 3. The number of likely N-dealkylation sites (N-methyl/N-ethyl adjacent to an activating group) is 1. The third kappa shape index (κ3) is 2.90. The molecule has 0 unspecified atom stereocenters. The number of ether oxygens (including phenoxy) is 1. The highest BCUT2D eigenvalue weighted by Crippen LogP contribution is 2.43. The van der Waals surface area contributed by atoms with E-state index < -0.39 is 23.7 Å². The van der Waals surface area contributed by atoms with Gasteiger partial charge in [0.25, 0.3) is 5.91 Å². The number of rotatable bonds is 2. The summed E-state index contributed by atoms with van der Waals surface area (Å²) in [6, 6.07) is 0.781. The van der Waals surface area contributed by atoms with Crippen LogP contribution in [0.15, 0.2) is 6.07 Å². The maximum Gasteiger partial charge on any atom is 0.421 e. The van der Waals surface area contributed by atoms with Gasteiger partial charge in [0.05, 0.1) is 12.8 Å². The van der Waals surface area contributed by atoms with Crippen LogP contribution in [0.4, 0.5) is 24.7 Å². The molecular formula is C16H21F3N4O2. The number of amides is 1. The van der Waals surface area contributed by atoms with Crippen LogP contribution in [-0.2, 0) is 11.0 Å². The molecule has 2 aliphatic rings. The Hall–Kier alpha value is -2.03. The number of nitrogens with zero attached hydrogens (tertiary/aromatic N) is 4. The Balaban J connectivity index is 2.08. The average Bonchev–Trinajstić information content (AvgIpc) is 2.57. The van der Waals surface area contributed by atoms with Crippen LogP contribution in [0.2, 0.25) is 0 Å². The van der Waals surface area contributed by atoms with E-state index >= 15 is 0 Å². The molecule has 1 saturated heterocycles. The van der Waals surface area contributed by atoms with Crippen LogP contribution in [-0.4, -0.2) is 61.7 Å². The van der Waals surface area contributed by atoms with Crippen molar-refractivity contribution < 1.29 is 22.7 Å². The van der Waals surface area contributed by atoms with E-state index in [9.17, 15) is 18.0 Å². The second kappa shape index (κ2) is 6.05. The van der Waals surface area contributed by atoms with Crippen molar-refractivity contribution in [3.8, 4) is 5.88 Å². The second-order valence-electron chi connectivity index (χ2n) is 6.58. The van der Waals surface area contributed by atoms with Gasteiger partial charge < -0.3 is 14.5 Å². The highest BCUT2D eigenvalue weighted by molar-refractivity contribution is 6.05. The fourth-order valence-electron chi connectivity index (χ4n) is 3.37. The van der Waals surface area contributed by atoms with E-state index in [1.165, 1.54) is 11.9 Å². The molecule has 0 radical (unpaired) electrons. The summed E-state index contributed by atoms with van der Waals surface area (Å²) in [5.41, 5.74) is -0.819. The van der Waals surface area contributed by atoms with Crippen molar-refractivity contribution in [3.05, 3.63) is 11.6 Å². The lowest BCUT2D eigenvalue weighted by molar-refractivity contribution is -0.139. The molecule has 0 aromatic carbocycles. The van der Waals surface area contributed by atoms with Crippen molar-refractivity contribution in [2.45, 2.75) is 32.1 Å². The lowest BCUT2D eigenvalue weighted by Crippen LogP contribution is -2.63. The molecule has 2 aliphatic heterocycles. The Kier molecular flexibility index (Phi) is 4.30. The first-order valence-electron chi connectivity index (χ1n) is 8.09. The first kappa shape index (κ1) is 17.8. The lowest BCUT2D eigenvalue weighted by atomic mass is 10.0. The lowest BCUT2D eigenvalue weighted by Gasteiger charge is -2.47. The summed E-state index contributed by atoms with van der Waals surface area (Å²) in [6.07, 6.45) is -4.61. The zero-order chi connectivity index (χ0) is 18.5. The zero-order valence-corrected chi connectivity index (χ0v) is 14.6. The Bertz CT molecular complexity index is 693. The summed E-state index contributed by atoms with van der Waals surface area (Å²) in [5, 5.41) is 0. The molecule has 0 saturated carbocycles. The van der Waals surface area contributed by atoms with E-state index in [1.54, 1.807) is 4.90 Å². The van der Waals surface area contributed by atoms with Crippen LogP contribution in [0.5, 0.6) is 5.88 Å². The van der Waals surface area contributed by atoms with Gasteiger partial charge >= 0.3 is 6.18 Å². The number of carbonyl (C=O) groups excluding carboxylic acids is 1. The predicted octanol–water partition coefficient (Wildman–Crippen LogP) is 1.98. The topological polar surface area (TPSA) is 48.9 Å². The number of pyridine rings is 1. The minimum absolute atomic E-state index is 0.160. The number of piperazine rings is 1. The molecule has 1 amide bonds. The highest BCUT2D eigenvalue weighted by Gasteiger charge is 2.44. The number of methoxy groups -OCH3 is 1. The largest absolute Gasteiger partial charge is 0.481 e. The third-order valence-electron chi connectivity index (χ3n) is 4.84. The number of hydrogen-bond acceptors (Lipinski definition) is 5. The molecule has 9 heteroatoms. The number of alkyl halides is 3. The SMILES string of the molecule is COc1nc2c(cc1C(F)(F)F)N(C)C(=O)[C@@H]1CN(C(C)C)CCN21. The van der Waals surface area contributed by atoms with Gasteiger partial charge in [-0.2, -0.15) is 18.2 Å². The number of hydrogen-bond donors (Lipinski definition) is 0. The van der Waals surface area contributed by atoms with Crippen molar-refractivity contribution in [2.24, 2.45) is 0 Å². The molecule has 0 N–H and O–H groups in total. The summed E-state index contributed by atoms with van der Waals surface area (Å²) in [4.78, 5) is 22.1. The van der Waals surface area contributed by atoms with Crippen molar-refractivity contribution in [1.82, 2.24) is 9.88 Å². The fraction of sp³-hybridized carbons (Fsp3) is 0.625.